The first-order chi connectivity index (χ1) is 10.8. The molecule has 0 radical (unpaired) electrons. The van der Waals surface area contributed by atoms with E-state index >= 15 is 0 Å². The van der Waals surface area contributed by atoms with Crippen LogP contribution in [0.2, 0.25) is 0 Å². The molecule has 1 aliphatic heterocycles. The highest BCUT2D eigenvalue weighted by Crippen LogP contribution is 2.04. The van der Waals surface area contributed by atoms with Crippen molar-refractivity contribution in [2.24, 2.45) is 10.7 Å². The van der Waals surface area contributed by atoms with E-state index in [0.29, 0.717) is 18.1 Å². The van der Waals surface area contributed by atoms with Gasteiger partial charge in [-0.3, -0.25) is 4.90 Å². The van der Waals surface area contributed by atoms with Crippen molar-refractivity contribution in [2.75, 3.05) is 39.4 Å². The monoisotopic (exact) mass is 429 g/mol. The van der Waals surface area contributed by atoms with E-state index in [0.717, 1.165) is 51.4 Å². The van der Waals surface area contributed by atoms with Gasteiger partial charge in [0, 0.05) is 19.6 Å². The molecule has 1 aromatic carbocycles. The molecular formula is C16H24IN5O. The maximum atomic E-state index is 8.74. The fraction of sp³-hybridized carbons (Fsp3) is 0.500. The van der Waals surface area contributed by atoms with Crippen LogP contribution in [0.1, 0.15) is 17.5 Å². The minimum atomic E-state index is 0. The molecule has 0 spiro atoms. The number of morpholine rings is 1. The number of nitriles is 1. The predicted molar refractivity (Wildman–Crippen MR) is 102 cm³/mol. The lowest BCUT2D eigenvalue weighted by atomic mass is 10.1. The van der Waals surface area contributed by atoms with Gasteiger partial charge >= 0.3 is 0 Å². The fourth-order valence-corrected chi connectivity index (χ4v) is 2.26. The minimum Gasteiger partial charge on any atom is -0.379 e. The number of benzene rings is 1. The van der Waals surface area contributed by atoms with E-state index in [9.17, 15) is 0 Å². The van der Waals surface area contributed by atoms with Gasteiger partial charge < -0.3 is 15.8 Å². The number of ether oxygens (including phenoxy) is 1. The lowest BCUT2D eigenvalue weighted by Crippen LogP contribution is -2.39. The molecule has 0 saturated carbocycles. The van der Waals surface area contributed by atoms with E-state index in [4.69, 9.17) is 15.7 Å². The highest BCUT2D eigenvalue weighted by molar-refractivity contribution is 14.0. The first kappa shape index (κ1) is 19.7. The van der Waals surface area contributed by atoms with Crippen molar-refractivity contribution in [1.29, 1.82) is 5.26 Å². The molecule has 1 aromatic rings. The van der Waals surface area contributed by atoms with Gasteiger partial charge in [0.15, 0.2) is 5.96 Å². The van der Waals surface area contributed by atoms with E-state index in [1.165, 1.54) is 0 Å². The second-order valence-electron chi connectivity index (χ2n) is 5.24. The smallest absolute Gasteiger partial charge is 0.188 e. The summed E-state index contributed by atoms with van der Waals surface area (Å²) < 4.78 is 5.32. The molecule has 0 atom stereocenters. The zero-order valence-corrected chi connectivity index (χ0v) is 15.5. The Morgan fingerprint density at radius 2 is 2.00 bits per heavy atom. The van der Waals surface area contributed by atoms with Crippen molar-refractivity contribution in [1.82, 2.24) is 10.2 Å². The molecule has 0 aliphatic carbocycles. The normalized spacial score (nSPS) is 15.5. The van der Waals surface area contributed by atoms with Crippen LogP contribution in [0.3, 0.4) is 0 Å². The van der Waals surface area contributed by atoms with Crippen LogP contribution in [0.5, 0.6) is 0 Å². The van der Waals surface area contributed by atoms with Crippen LogP contribution in [0, 0.1) is 11.3 Å². The highest BCUT2D eigenvalue weighted by Gasteiger charge is 2.08. The van der Waals surface area contributed by atoms with Gasteiger partial charge in [-0.2, -0.15) is 5.26 Å². The third-order valence-electron chi connectivity index (χ3n) is 3.58. The molecule has 2 rings (SSSR count). The first-order valence-electron chi connectivity index (χ1n) is 7.61. The average Bonchev–Trinajstić information content (AvgIpc) is 2.58. The van der Waals surface area contributed by atoms with E-state index in [1.54, 1.807) is 12.1 Å². The number of nitrogens with one attached hydrogen (secondary N) is 1. The Kier molecular flexibility index (Phi) is 9.59. The maximum Gasteiger partial charge on any atom is 0.188 e. The largest absolute Gasteiger partial charge is 0.379 e. The van der Waals surface area contributed by atoms with Gasteiger partial charge in [-0.15, -0.1) is 24.0 Å². The van der Waals surface area contributed by atoms with Crippen LogP contribution >= 0.6 is 24.0 Å². The Hall–Kier alpha value is -1.37. The van der Waals surface area contributed by atoms with Crippen LogP contribution < -0.4 is 11.1 Å². The number of hydrogen-bond donors (Lipinski definition) is 2. The third kappa shape index (κ3) is 7.63. The number of nitrogens with two attached hydrogens (primary N) is 1. The van der Waals surface area contributed by atoms with Gasteiger partial charge in [0.05, 0.1) is 31.4 Å². The molecule has 1 heterocycles. The van der Waals surface area contributed by atoms with Crippen molar-refractivity contribution in [2.45, 2.75) is 13.0 Å². The standard InChI is InChI=1S/C16H23N5O.HI/c17-12-14-2-4-15(5-3-14)13-20-16(18)19-6-1-7-21-8-10-22-11-9-21;/h2-5H,1,6-11,13H2,(H3,18,19,20);1H. The summed E-state index contributed by atoms with van der Waals surface area (Å²) in [7, 11) is 0. The van der Waals surface area contributed by atoms with E-state index < -0.39 is 0 Å². The van der Waals surface area contributed by atoms with Crippen molar-refractivity contribution in [3.8, 4) is 6.07 Å². The van der Waals surface area contributed by atoms with Gasteiger partial charge in [0.2, 0.25) is 0 Å². The molecule has 0 amide bonds. The summed E-state index contributed by atoms with van der Waals surface area (Å²) in [5.74, 6) is 0.464. The number of aliphatic imine (C=N–C) groups is 1. The molecule has 1 aliphatic rings. The summed E-state index contributed by atoms with van der Waals surface area (Å²) in [5.41, 5.74) is 7.54. The number of rotatable bonds is 6. The zero-order valence-electron chi connectivity index (χ0n) is 13.2. The minimum absolute atomic E-state index is 0. The molecule has 1 saturated heterocycles. The second kappa shape index (κ2) is 11.2. The number of hydrogen-bond acceptors (Lipinski definition) is 4. The van der Waals surface area contributed by atoms with Crippen molar-refractivity contribution < 1.29 is 4.74 Å². The molecule has 1 fully saturated rings. The Balaban J connectivity index is 0.00000264. The van der Waals surface area contributed by atoms with Gasteiger partial charge in [-0.25, -0.2) is 4.99 Å². The van der Waals surface area contributed by atoms with E-state index in [2.05, 4.69) is 21.3 Å². The molecule has 23 heavy (non-hydrogen) atoms. The van der Waals surface area contributed by atoms with Crippen LogP contribution in [-0.2, 0) is 11.3 Å². The van der Waals surface area contributed by atoms with Crippen LogP contribution in [-0.4, -0.2) is 50.3 Å². The SMILES string of the molecule is I.N#Cc1ccc(CN=C(N)NCCCN2CCOCC2)cc1. The molecule has 0 aromatic heterocycles. The fourth-order valence-electron chi connectivity index (χ4n) is 2.26. The topological polar surface area (TPSA) is 86.7 Å². The predicted octanol–water partition coefficient (Wildman–Crippen LogP) is 1.30. The number of guanidine groups is 1. The third-order valence-corrected chi connectivity index (χ3v) is 3.58. The van der Waals surface area contributed by atoms with Gasteiger partial charge in [0.25, 0.3) is 0 Å². The van der Waals surface area contributed by atoms with Crippen molar-refractivity contribution in [3.63, 3.8) is 0 Å². The van der Waals surface area contributed by atoms with Gasteiger partial charge in [-0.05, 0) is 30.7 Å². The van der Waals surface area contributed by atoms with Crippen molar-refractivity contribution >= 4 is 29.9 Å². The lowest BCUT2D eigenvalue weighted by Gasteiger charge is -2.26. The average molecular weight is 429 g/mol. The Labute approximate surface area is 154 Å². The zero-order chi connectivity index (χ0) is 15.6. The Morgan fingerprint density at radius 1 is 1.30 bits per heavy atom. The van der Waals surface area contributed by atoms with Crippen LogP contribution in [0.15, 0.2) is 29.3 Å². The highest BCUT2D eigenvalue weighted by atomic mass is 127. The molecular weight excluding hydrogens is 405 g/mol. The quantitative estimate of drug-likeness (QED) is 0.308. The van der Waals surface area contributed by atoms with Gasteiger partial charge in [-0.1, -0.05) is 12.1 Å². The Bertz CT molecular complexity index is 520. The summed E-state index contributed by atoms with van der Waals surface area (Å²) >= 11 is 0. The summed E-state index contributed by atoms with van der Waals surface area (Å²) in [6.07, 6.45) is 1.03. The molecule has 126 valence electrons. The molecule has 3 N–H and O–H groups in total. The molecule has 0 unspecified atom stereocenters. The first-order valence-corrected chi connectivity index (χ1v) is 7.61. The summed E-state index contributed by atoms with van der Waals surface area (Å²) in [6, 6.07) is 9.47. The Morgan fingerprint density at radius 3 is 2.65 bits per heavy atom. The summed E-state index contributed by atoms with van der Waals surface area (Å²) in [4.78, 5) is 6.70. The van der Waals surface area contributed by atoms with E-state index in [-0.39, 0.29) is 24.0 Å². The molecule has 0 bridgehead atoms. The summed E-state index contributed by atoms with van der Waals surface area (Å²) in [5, 5.41) is 11.9. The number of halogens is 1. The van der Waals surface area contributed by atoms with Crippen molar-refractivity contribution in [3.05, 3.63) is 35.4 Å². The molecule has 6 nitrogen and oxygen atoms in total. The van der Waals surface area contributed by atoms with Crippen LogP contribution in [0.25, 0.3) is 0 Å². The second-order valence-corrected chi connectivity index (χ2v) is 5.24. The van der Waals surface area contributed by atoms with Gasteiger partial charge in [0.1, 0.15) is 0 Å². The lowest BCUT2D eigenvalue weighted by molar-refractivity contribution is 0.0376. The van der Waals surface area contributed by atoms with E-state index in [1.807, 2.05) is 12.1 Å². The molecule has 7 heteroatoms. The maximum absolute atomic E-state index is 8.74. The van der Waals surface area contributed by atoms with Crippen LogP contribution in [0.4, 0.5) is 0 Å². The number of nitrogens with zero attached hydrogens (tertiary/aromatic N) is 3. The summed E-state index contributed by atoms with van der Waals surface area (Å²) in [6.45, 7) is 6.10.